The fourth-order valence-corrected chi connectivity index (χ4v) is 3.09. The molecule has 142 valence electrons. The quantitative estimate of drug-likeness (QED) is 0.820. The Balaban J connectivity index is 1.54. The summed E-state index contributed by atoms with van der Waals surface area (Å²) in [6.07, 6.45) is 0. The van der Waals surface area contributed by atoms with E-state index < -0.39 is 0 Å². The van der Waals surface area contributed by atoms with Gasteiger partial charge in [-0.1, -0.05) is 12.1 Å². The number of nitrogens with one attached hydrogen (secondary N) is 1. The first kappa shape index (κ1) is 18.8. The first-order chi connectivity index (χ1) is 13.1. The fraction of sp³-hybridized carbons (Fsp3) is 0.333. The van der Waals surface area contributed by atoms with E-state index in [1.54, 1.807) is 6.92 Å². The van der Waals surface area contributed by atoms with Crippen LogP contribution in [0.5, 0.6) is 5.75 Å². The number of carbonyl (C=O) groups is 2. The van der Waals surface area contributed by atoms with E-state index in [4.69, 9.17) is 4.74 Å². The zero-order chi connectivity index (χ0) is 19.2. The van der Waals surface area contributed by atoms with Crippen molar-refractivity contribution < 1.29 is 14.3 Å². The van der Waals surface area contributed by atoms with Crippen LogP contribution in [-0.2, 0) is 0 Å². The van der Waals surface area contributed by atoms with Crippen LogP contribution >= 0.6 is 0 Å². The molecule has 0 bridgehead atoms. The van der Waals surface area contributed by atoms with Gasteiger partial charge in [-0.25, -0.2) is 4.79 Å². The molecule has 1 heterocycles. The summed E-state index contributed by atoms with van der Waals surface area (Å²) in [4.78, 5) is 28.1. The van der Waals surface area contributed by atoms with Crippen molar-refractivity contribution in [2.75, 3.05) is 43.0 Å². The number of amides is 2. The standard InChI is InChI=1S/C21H25N3O3/c1-3-27-20-9-7-18(8-10-20)22-21(26)24-13-11-23(12-14-24)19-6-4-5-17(15-19)16(2)25/h4-10,15H,3,11-14H2,1-2H3,(H,22,26). The lowest BCUT2D eigenvalue weighted by Gasteiger charge is -2.36. The summed E-state index contributed by atoms with van der Waals surface area (Å²) in [5.74, 6) is 0.849. The Morgan fingerprint density at radius 2 is 1.74 bits per heavy atom. The van der Waals surface area contributed by atoms with Crippen LogP contribution in [0.1, 0.15) is 24.2 Å². The molecule has 2 amide bonds. The highest BCUT2D eigenvalue weighted by Crippen LogP contribution is 2.20. The molecule has 6 heteroatoms. The van der Waals surface area contributed by atoms with Gasteiger partial charge >= 0.3 is 6.03 Å². The molecular formula is C21H25N3O3. The van der Waals surface area contributed by atoms with Gasteiger partial charge in [0.25, 0.3) is 0 Å². The predicted octanol–water partition coefficient (Wildman–Crippen LogP) is 3.64. The Morgan fingerprint density at radius 3 is 2.37 bits per heavy atom. The normalized spacial score (nSPS) is 14.0. The van der Waals surface area contributed by atoms with Gasteiger partial charge in [-0.05, 0) is 50.2 Å². The van der Waals surface area contributed by atoms with E-state index >= 15 is 0 Å². The van der Waals surface area contributed by atoms with Crippen LogP contribution in [-0.4, -0.2) is 49.5 Å². The van der Waals surface area contributed by atoms with E-state index in [1.807, 2.05) is 60.4 Å². The molecule has 0 saturated carbocycles. The number of piperazine rings is 1. The van der Waals surface area contributed by atoms with Crippen molar-refractivity contribution in [3.05, 3.63) is 54.1 Å². The van der Waals surface area contributed by atoms with Crippen molar-refractivity contribution >= 4 is 23.2 Å². The number of hydrogen-bond acceptors (Lipinski definition) is 4. The van der Waals surface area contributed by atoms with Gasteiger partial charge in [0.05, 0.1) is 6.61 Å². The monoisotopic (exact) mass is 367 g/mol. The van der Waals surface area contributed by atoms with Gasteiger partial charge in [0.2, 0.25) is 0 Å². The molecule has 27 heavy (non-hydrogen) atoms. The number of Topliss-reactive ketones (excluding diaryl/α,β-unsaturated/α-hetero) is 1. The summed E-state index contributed by atoms with van der Waals surface area (Å²) < 4.78 is 5.41. The van der Waals surface area contributed by atoms with Gasteiger partial charge in [-0.15, -0.1) is 0 Å². The molecule has 2 aromatic rings. The predicted molar refractivity (Wildman–Crippen MR) is 107 cm³/mol. The number of anilines is 2. The van der Waals surface area contributed by atoms with Crippen molar-refractivity contribution in [1.29, 1.82) is 0 Å². The molecule has 0 unspecified atom stereocenters. The van der Waals surface area contributed by atoms with Crippen LogP contribution < -0.4 is 15.0 Å². The summed E-state index contributed by atoms with van der Waals surface area (Å²) in [7, 11) is 0. The van der Waals surface area contributed by atoms with Crippen LogP contribution in [0.3, 0.4) is 0 Å². The molecule has 1 aliphatic heterocycles. The summed E-state index contributed by atoms with van der Waals surface area (Å²) in [6, 6.07) is 14.9. The number of ketones is 1. The second-order valence-electron chi connectivity index (χ2n) is 6.47. The third-order valence-electron chi connectivity index (χ3n) is 4.60. The van der Waals surface area contributed by atoms with Crippen LogP contribution in [0.4, 0.5) is 16.2 Å². The van der Waals surface area contributed by atoms with Gasteiger partial charge < -0.3 is 19.9 Å². The van der Waals surface area contributed by atoms with Gasteiger partial charge in [0, 0.05) is 43.1 Å². The molecule has 0 radical (unpaired) electrons. The smallest absolute Gasteiger partial charge is 0.321 e. The molecule has 0 spiro atoms. The lowest BCUT2D eigenvalue weighted by atomic mass is 10.1. The zero-order valence-corrected chi connectivity index (χ0v) is 15.8. The van der Waals surface area contributed by atoms with Crippen molar-refractivity contribution in [2.24, 2.45) is 0 Å². The maximum Gasteiger partial charge on any atom is 0.321 e. The Morgan fingerprint density at radius 1 is 1.04 bits per heavy atom. The van der Waals surface area contributed by atoms with E-state index in [1.165, 1.54) is 0 Å². The first-order valence-electron chi connectivity index (χ1n) is 9.21. The van der Waals surface area contributed by atoms with E-state index in [0.717, 1.165) is 30.2 Å². The van der Waals surface area contributed by atoms with Crippen LogP contribution in [0, 0.1) is 0 Å². The molecule has 3 rings (SSSR count). The first-order valence-corrected chi connectivity index (χ1v) is 9.21. The van der Waals surface area contributed by atoms with Crippen LogP contribution in [0.15, 0.2) is 48.5 Å². The van der Waals surface area contributed by atoms with Crippen LogP contribution in [0.25, 0.3) is 0 Å². The van der Waals surface area contributed by atoms with Crippen molar-refractivity contribution in [3.63, 3.8) is 0 Å². The fourth-order valence-electron chi connectivity index (χ4n) is 3.09. The minimum atomic E-state index is -0.101. The Hall–Kier alpha value is -3.02. The average molecular weight is 367 g/mol. The number of benzene rings is 2. The van der Waals surface area contributed by atoms with Crippen molar-refractivity contribution in [1.82, 2.24) is 4.90 Å². The average Bonchev–Trinajstić information content (AvgIpc) is 2.70. The number of urea groups is 1. The summed E-state index contributed by atoms with van der Waals surface area (Å²) in [5, 5.41) is 2.93. The Kier molecular flexibility index (Phi) is 5.96. The zero-order valence-electron chi connectivity index (χ0n) is 15.8. The number of carbonyl (C=O) groups excluding carboxylic acids is 2. The molecule has 1 aliphatic rings. The Bertz CT molecular complexity index is 797. The maximum atomic E-state index is 12.5. The molecule has 2 aromatic carbocycles. The SMILES string of the molecule is CCOc1ccc(NC(=O)N2CCN(c3cccc(C(C)=O)c3)CC2)cc1. The second kappa shape index (κ2) is 8.58. The minimum absolute atomic E-state index is 0.0604. The van der Waals surface area contributed by atoms with E-state index in [2.05, 4.69) is 10.2 Å². The molecule has 0 aromatic heterocycles. The number of ether oxygens (including phenoxy) is 1. The van der Waals surface area contributed by atoms with Gasteiger partial charge in [-0.2, -0.15) is 0 Å². The summed E-state index contributed by atoms with van der Waals surface area (Å²) in [5.41, 5.74) is 2.48. The Labute approximate surface area is 159 Å². The molecule has 6 nitrogen and oxygen atoms in total. The highest BCUT2D eigenvalue weighted by Gasteiger charge is 2.21. The lowest BCUT2D eigenvalue weighted by molar-refractivity contribution is 0.101. The number of hydrogen-bond donors (Lipinski definition) is 1. The highest BCUT2D eigenvalue weighted by atomic mass is 16.5. The molecule has 1 saturated heterocycles. The largest absolute Gasteiger partial charge is 0.494 e. The van der Waals surface area contributed by atoms with Crippen molar-refractivity contribution in [3.8, 4) is 5.75 Å². The van der Waals surface area contributed by atoms with Gasteiger partial charge in [0.1, 0.15) is 5.75 Å². The molecule has 0 atom stereocenters. The third kappa shape index (κ3) is 4.78. The van der Waals surface area contributed by atoms with Gasteiger partial charge in [-0.3, -0.25) is 4.79 Å². The maximum absolute atomic E-state index is 12.5. The highest BCUT2D eigenvalue weighted by molar-refractivity contribution is 5.95. The topological polar surface area (TPSA) is 61.9 Å². The molecular weight excluding hydrogens is 342 g/mol. The summed E-state index contributed by atoms with van der Waals surface area (Å²) >= 11 is 0. The van der Waals surface area contributed by atoms with Crippen molar-refractivity contribution in [2.45, 2.75) is 13.8 Å². The summed E-state index contributed by atoms with van der Waals surface area (Å²) in [6.45, 7) is 6.86. The van der Waals surface area contributed by atoms with E-state index in [0.29, 0.717) is 25.3 Å². The lowest BCUT2D eigenvalue weighted by Crippen LogP contribution is -2.50. The number of rotatable bonds is 5. The molecule has 1 N–H and O–H groups in total. The third-order valence-corrected chi connectivity index (χ3v) is 4.60. The molecule has 1 fully saturated rings. The number of nitrogens with zero attached hydrogens (tertiary/aromatic N) is 2. The van der Waals surface area contributed by atoms with E-state index in [9.17, 15) is 9.59 Å². The minimum Gasteiger partial charge on any atom is -0.494 e. The van der Waals surface area contributed by atoms with E-state index in [-0.39, 0.29) is 11.8 Å². The van der Waals surface area contributed by atoms with Gasteiger partial charge in [0.15, 0.2) is 5.78 Å². The second-order valence-corrected chi connectivity index (χ2v) is 6.47. The van der Waals surface area contributed by atoms with Crippen LogP contribution in [0.2, 0.25) is 0 Å². The molecule has 0 aliphatic carbocycles.